The van der Waals surface area contributed by atoms with Crippen LogP contribution < -0.4 is 5.56 Å². The average molecular weight is 250 g/mol. The third-order valence-electron chi connectivity index (χ3n) is 3.22. The summed E-state index contributed by atoms with van der Waals surface area (Å²) in [5.74, 6) is -0.0911. The van der Waals surface area contributed by atoms with Crippen molar-refractivity contribution in [1.82, 2.24) is 9.47 Å². The Morgan fingerprint density at radius 2 is 2.11 bits per heavy atom. The maximum Gasteiger partial charge on any atom is 0.261 e. The van der Waals surface area contributed by atoms with Crippen LogP contribution in [-0.2, 0) is 6.54 Å². The number of nitrogens with zero attached hydrogens (tertiary/aromatic N) is 2. The quantitative estimate of drug-likeness (QED) is 0.723. The maximum absolute atomic E-state index is 12.1. The third-order valence-corrected chi connectivity index (χ3v) is 3.22. The minimum Gasteiger partial charge on any atom is -0.314 e. The van der Waals surface area contributed by atoms with Crippen molar-refractivity contribution in [2.75, 3.05) is 13.6 Å². The molecule has 0 bridgehead atoms. The summed E-state index contributed by atoms with van der Waals surface area (Å²) in [5.41, 5.74) is 0.119. The second kappa shape index (κ2) is 6.50. The molecule has 4 heteroatoms. The fraction of sp³-hybridized carbons (Fsp3) is 0.571. The van der Waals surface area contributed by atoms with Crippen molar-refractivity contribution in [2.45, 2.75) is 39.8 Å². The Bertz CT molecular complexity index is 463. The average Bonchev–Trinajstić information content (AvgIpc) is 2.36. The van der Waals surface area contributed by atoms with Crippen LogP contribution in [0.2, 0.25) is 0 Å². The van der Waals surface area contributed by atoms with Gasteiger partial charge in [0.1, 0.15) is 0 Å². The normalized spacial score (nSPS) is 11.2. The molecule has 0 fully saturated rings. The fourth-order valence-electron chi connectivity index (χ4n) is 1.64. The van der Waals surface area contributed by atoms with Gasteiger partial charge in [0.15, 0.2) is 5.78 Å². The molecular weight excluding hydrogens is 228 g/mol. The van der Waals surface area contributed by atoms with Crippen LogP contribution >= 0.6 is 0 Å². The van der Waals surface area contributed by atoms with E-state index >= 15 is 0 Å². The number of hydrogen-bond donors (Lipinski definition) is 0. The van der Waals surface area contributed by atoms with Crippen molar-refractivity contribution >= 4 is 5.78 Å². The number of ketones is 1. The molecule has 0 aliphatic rings. The molecule has 0 N–H and O–H groups in total. The van der Waals surface area contributed by atoms with Crippen molar-refractivity contribution in [3.63, 3.8) is 0 Å². The molecule has 0 saturated carbocycles. The first-order chi connectivity index (χ1) is 8.47. The van der Waals surface area contributed by atoms with Crippen LogP contribution in [0.4, 0.5) is 0 Å². The second-order valence-corrected chi connectivity index (χ2v) is 4.77. The van der Waals surface area contributed by atoms with E-state index in [1.807, 2.05) is 7.05 Å². The molecule has 0 amide bonds. The number of aromatic nitrogens is 1. The van der Waals surface area contributed by atoms with Gasteiger partial charge in [0.25, 0.3) is 5.56 Å². The Hall–Kier alpha value is -1.42. The van der Waals surface area contributed by atoms with Crippen molar-refractivity contribution in [1.29, 1.82) is 0 Å². The van der Waals surface area contributed by atoms with E-state index in [1.54, 1.807) is 29.8 Å². The second-order valence-electron chi connectivity index (χ2n) is 4.77. The summed E-state index contributed by atoms with van der Waals surface area (Å²) >= 11 is 0. The van der Waals surface area contributed by atoms with Crippen LogP contribution in [0.5, 0.6) is 0 Å². The Balaban J connectivity index is 2.85. The molecule has 0 spiro atoms. The van der Waals surface area contributed by atoms with Crippen LogP contribution in [0.25, 0.3) is 0 Å². The van der Waals surface area contributed by atoms with E-state index in [0.29, 0.717) is 24.6 Å². The van der Waals surface area contributed by atoms with Crippen LogP contribution in [0.3, 0.4) is 0 Å². The molecule has 1 aromatic rings. The largest absolute Gasteiger partial charge is 0.314 e. The zero-order chi connectivity index (χ0) is 13.7. The van der Waals surface area contributed by atoms with Gasteiger partial charge < -0.3 is 9.47 Å². The molecule has 0 radical (unpaired) electrons. The Morgan fingerprint density at radius 1 is 1.44 bits per heavy atom. The molecular formula is C14H22N2O2. The molecule has 100 valence electrons. The highest BCUT2D eigenvalue weighted by Gasteiger charge is 2.10. The highest BCUT2D eigenvalue weighted by molar-refractivity contribution is 5.95. The molecule has 0 saturated heterocycles. The van der Waals surface area contributed by atoms with Crippen LogP contribution in [0, 0.1) is 0 Å². The Labute approximate surface area is 108 Å². The smallest absolute Gasteiger partial charge is 0.261 e. The topological polar surface area (TPSA) is 42.3 Å². The van der Waals surface area contributed by atoms with Gasteiger partial charge in [-0.3, -0.25) is 9.59 Å². The van der Waals surface area contributed by atoms with Crippen LogP contribution in [0.15, 0.2) is 23.1 Å². The SMILES string of the molecule is CCC(=O)c1cccn(CCN(C)C(C)C)c1=O. The minimum absolute atomic E-state index is 0.0911. The maximum atomic E-state index is 12.1. The number of hydrogen-bond acceptors (Lipinski definition) is 3. The molecule has 0 aliphatic heterocycles. The predicted molar refractivity (Wildman–Crippen MR) is 73.1 cm³/mol. The van der Waals surface area contributed by atoms with Crippen LogP contribution in [-0.4, -0.2) is 34.9 Å². The lowest BCUT2D eigenvalue weighted by Gasteiger charge is -2.21. The van der Waals surface area contributed by atoms with Crippen LogP contribution in [0.1, 0.15) is 37.6 Å². The third kappa shape index (κ3) is 3.53. The Kier molecular flexibility index (Phi) is 5.28. The summed E-state index contributed by atoms with van der Waals surface area (Å²) in [6.45, 7) is 7.39. The highest BCUT2D eigenvalue weighted by Crippen LogP contribution is 1.98. The summed E-state index contributed by atoms with van der Waals surface area (Å²) in [6, 6.07) is 3.82. The summed E-state index contributed by atoms with van der Waals surface area (Å²) < 4.78 is 1.61. The number of Topliss-reactive ketones (excluding diaryl/α,β-unsaturated/α-hetero) is 1. The monoisotopic (exact) mass is 250 g/mol. The number of pyridine rings is 1. The van der Waals surface area contributed by atoms with Gasteiger partial charge >= 0.3 is 0 Å². The summed E-state index contributed by atoms with van der Waals surface area (Å²) in [5, 5.41) is 0. The van der Waals surface area contributed by atoms with E-state index in [-0.39, 0.29) is 11.3 Å². The van der Waals surface area contributed by atoms with Crippen molar-refractivity contribution in [3.8, 4) is 0 Å². The molecule has 1 aromatic heterocycles. The number of likely N-dealkylation sites (N-methyl/N-ethyl adjacent to an activating group) is 1. The molecule has 0 aromatic carbocycles. The molecule has 0 unspecified atom stereocenters. The van der Waals surface area contributed by atoms with E-state index in [4.69, 9.17) is 0 Å². The van der Waals surface area contributed by atoms with Crippen molar-refractivity contribution in [3.05, 3.63) is 34.2 Å². The summed E-state index contributed by atoms with van der Waals surface area (Å²) in [7, 11) is 2.02. The van der Waals surface area contributed by atoms with E-state index in [2.05, 4.69) is 18.7 Å². The number of carbonyl (C=O) groups is 1. The molecule has 4 nitrogen and oxygen atoms in total. The van der Waals surface area contributed by atoms with Gasteiger partial charge in [-0.2, -0.15) is 0 Å². The lowest BCUT2D eigenvalue weighted by Crippen LogP contribution is -2.33. The summed E-state index contributed by atoms with van der Waals surface area (Å²) in [6.07, 6.45) is 2.11. The van der Waals surface area contributed by atoms with Gasteiger partial charge in [0.05, 0.1) is 5.56 Å². The van der Waals surface area contributed by atoms with E-state index in [1.165, 1.54) is 0 Å². The number of rotatable bonds is 6. The molecule has 0 atom stereocenters. The fourth-order valence-corrected chi connectivity index (χ4v) is 1.64. The first-order valence-corrected chi connectivity index (χ1v) is 6.40. The minimum atomic E-state index is -0.179. The summed E-state index contributed by atoms with van der Waals surface area (Å²) in [4.78, 5) is 25.9. The van der Waals surface area contributed by atoms with E-state index in [0.717, 1.165) is 6.54 Å². The zero-order valence-electron chi connectivity index (χ0n) is 11.6. The van der Waals surface area contributed by atoms with Gasteiger partial charge in [-0.1, -0.05) is 6.92 Å². The molecule has 1 rings (SSSR count). The van der Waals surface area contributed by atoms with Gasteiger partial charge in [-0.25, -0.2) is 0 Å². The van der Waals surface area contributed by atoms with Crippen molar-refractivity contribution in [2.24, 2.45) is 0 Å². The molecule has 1 heterocycles. The standard InChI is InChI=1S/C14H22N2O2/c1-5-13(17)12-7-6-8-16(14(12)18)10-9-15(4)11(2)3/h6-8,11H,5,9-10H2,1-4H3. The first-order valence-electron chi connectivity index (χ1n) is 6.40. The van der Waals surface area contributed by atoms with E-state index in [9.17, 15) is 9.59 Å². The van der Waals surface area contributed by atoms with Gasteiger partial charge in [0.2, 0.25) is 0 Å². The van der Waals surface area contributed by atoms with Gasteiger partial charge in [-0.05, 0) is 33.0 Å². The van der Waals surface area contributed by atoms with Crippen molar-refractivity contribution < 1.29 is 4.79 Å². The number of carbonyl (C=O) groups excluding carboxylic acids is 1. The first kappa shape index (κ1) is 14.6. The Morgan fingerprint density at radius 3 is 2.67 bits per heavy atom. The van der Waals surface area contributed by atoms with E-state index < -0.39 is 0 Å². The van der Waals surface area contributed by atoms with Gasteiger partial charge in [0, 0.05) is 31.7 Å². The van der Waals surface area contributed by atoms with Gasteiger partial charge in [-0.15, -0.1) is 0 Å². The highest BCUT2D eigenvalue weighted by atomic mass is 16.1. The predicted octanol–water partition coefficient (Wildman–Crippen LogP) is 1.78. The molecule has 0 aliphatic carbocycles. The molecule has 18 heavy (non-hydrogen) atoms. The lowest BCUT2D eigenvalue weighted by molar-refractivity contribution is 0.0986. The zero-order valence-corrected chi connectivity index (χ0v) is 11.6. The lowest BCUT2D eigenvalue weighted by atomic mass is 10.1.